The van der Waals surface area contributed by atoms with Gasteiger partial charge in [0, 0.05) is 37.4 Å². The first kappa shape index (κ1) is 26.7. The summed E-state index contributed by atoms with van der Waals surface area (Å²) in [5, 5.41) is 5.45. The number of carbonyl (C=O) groups is 2. The third-order valence-corrected chi connectivity index (χ3v) is 6.19. The molecule has 10 heteroatoms. The van der Waals surface area contributed by atoms with Crippen molar-refractivity contribution in [3.63, 3.8) is 0 Å². The number of morpholine rings is 1. The van der Waals surface area contributed by atoms with Crippen molar-refractivity contribution in [1.82, 2.24) is 19.8 Å². The van der Waals surface area contributed by atoms with Crippen LogP contribution >= 0.6 is 0 Å². The van der Waals surface area contributed by atoms with Crippen LogP contribution in [-0.2, 0) is 26.3 Å². The molecule has 2 aromatic rings. The molecule has 1 aliphatic rings. The predicted molar refractivity (Wildman–Crippen MR) is 129 cm³/mol. The minimum Gasteiger partial charge on any atom is -0.379 e. The number of hydrogen-bond acceptors (Lipinski definition) is 5. The second-order valence-electron chi connectivity index (χ2n) is 9.54. The van der Waals surface area contributed by atoms with E-state index in [9.17, 15) is 18.4 Å². The number of rotatable bonds is 11. The zero-order chi connectivity index (χ0) is 25.4. The second-order valence-corrected chi connectivity index (χ2v) is 9.54. The lowest BCUT2D eigenvalue weighted by Crippen LogP contribution is -2.44. The van der Waals surface area contributed by atoms with Gasteiger partial charge in [-0.3, -0.25) is 14.5 Å². The third-order valence-electron chi connectivity index (χ3n) is 6.19. The van der Waals surface area contributed by atoms with Crippen molar-refractivity contribution in [2.24, 2.45) is 0 Å². The zero-order valence-electron chi connectivity index (χ0n) is 20.7. The molecule has 1 aromatic carbocycles. The van der Waals surface area contributed by atoms with Crippen LogP contribution in [-0.4, -0.2) is 65.2 Å². The van der Waals surface area contributed by atoms with Crippen LogP contribution in [0.4, 0.5) is 14.6 Å². The number of carbonyl (C=O) groups excluding carboxylic acids is 2. The molecule has 1 unspecified atom stereocenters. The quantitative estimate of drug-likeness (QED) is 0.504. The van der Waals surface area contributed by atoms with E-state index in [0.29, 0.717) is 18.7 Å². The smallest absolute Gasteiger partial charge is 0.248 e. The SMILES string of the molecule is CCCC(NC(=O)Cc1cc(F)cc(F)c1)C(=O)Nc1cn(C(C)(C)CCN2CCOCC2)cn1. The maximum absolute atomic E-state index is 13.4. The van der Waals surface area contributed by atoms with E-state index in [1.165, 1.54) is 0 Å². The molecule has 0 spiro atoms. The summed E-state index contributed by atoms with van der Waals surface area (Å²) >= 11 is 0. The summed E-state index contributed by atoms with van der Waals surface area (Å²) < 4.78 is 34.2. The molecule has 2 amide bonds. The summed E-state index contributed by atoms with van der Waals surface area (Å²) in [4.78, 5) is 32.0. The fourth-order valence-corrected chi connectivity index (χ4v) is 4.02. The highest BCUT2D eigenvalue weighted by atomic mass is 19.1. The third kappa shape index (κ3) is 8.10. The number of nitrogens with zero attached hydrogens (tertiary/aromatic N) is 3. The molecule has 192 valence electrons. The molecule has 0 aliphatic carbocycles. The Hall–Kier alpha value is -2.85. The van der Waals surface area contributed by atoms with Crippen molar-refractivity contribution in [2.75, 3.05) is 38.2 Å². The summed E-state index contributed by atoms with van der Waals surface area (Å²) in [6.07, 6.45) is 5.25. The van der Waals surface area contributed by atoms with Gasteiger partial charge in [0.2, 0.25) is 11.8 Å². The normalized spacial score (nSPS) is 15.6. The maximum Gasteiger partial charge on any atom is 0.248 e. The molecule has 35 heavy (non-hydrogen) atoms. The van der Waals surface area contributed by atoms with E-state index >= 15 is 0 Å². The molecule has 2 N–H and O–H groups in total. The van der Waals surface area contributed by atoms with Gasteiger partial charge < -0.3 is 19.9 Å². The molecule has 1 fully saturated rings. The fourth-order valence-electron chi connectivity index (χ4n) is 4.02. The monoisotopic (exact) mass is 491 g/mol. The average Bonchev–Trinajstić information content (AvgIpc) is 3.27. The lowest BCUT2D eigenvalue weighted by molar-refractivity contribution is -0.126. The summed E-state index contributed by atoms with van der Waals surface area (Å²) in [7, 11) is 0. The Morgan fingerprint density at radius 3 is 2.51 bits per heavy atom. The molecule has 3 rings (SSSR count). The lowest BCUT2D eigenvalue weighted by Gasteiger charge is -2.32. The molecule has 1 aromatic heterocycles. The number of anilines is 1. The number of nitrogens with one attached hydrogen (secondary N) is 2. The summed E-state index contributed by atoms with van der Waals surface area (Å²) in [6.45, 7) is 10.5. The van der Waals surface area contributed by atoms with E-state index in [2.05, 4.69) is 34.4 Å². The van der Waals surface area contributed by atoms with Gasteiger partial charge in [0.25, 0.3) is 0 Å². The van der Waals surface area contributed by atoms with Crippen LogP contribution in [0.15, 0.2) is 30.7 Å². The van der Waals surface area contributed by atoms with Crippen LogP contribution in [0, 0.1) is 11.6 Å². The highest BCUT2D eigenvalue weighted by Crippen LogP contribution is 2.22. The van der Waals surface area contributed by atoms with E-state index in [-0.39, 0.29) is 23.4 Å². The van der Waals surface area contributed by atoms with Crippen LogP contribution in [0.1, 0.15) is 45.6 Å². The Balaban J connectivity index is 1.56. The topological polar surface area (TPSA) is 88.5 Å². The van der Waals surface area contributed by atoms with Crippen molar-refractivity contribution < 1.29 is 23.1 Å². The number of halogens is 2. The lowest BCUT2D eigenvalue weighted by atomic mass is 10.00. The minimum absolute atomic E-state index is 0.203. The van der Waals surface area contributed by atoms with Gasteiger partial charge >= 0.3 is 0 Å². The van der Waals surface area contributed by atoms with Crippen LogP contribution in [0.5, 0.6) is 0 Å². The Kier molecular flexibility index (Phi) is 9.33. The first-order valence-corrected chi connectivity index (χ1v) is 12.1. The maximum atomic E-state index is 13.4. The number of aromatic nitrogens is 2. The van der Waals surface area contributed by atoms with E-state index in [4.69, 9.17) is 4.74 Å². The largest absolute Gasteiger partial charge is 0.379 e. The summed E-state index contributed by atoms with van der Waals surface area (Å²) in [6, 6.07) is 2.17. The molecular formula is C25H35F2N5O3. The van der Waals surface area contributed by atoms with Crippen LogP contribution < -0.4 is 10.6 Å². The molecule has 8 nitrogen and oxygen atoms in total. The van der Waals surface area contributed by atoms with Gasteiger partial charge in [0.15, 0.2) is 5.82 Å². The number of ether oxygens (including phenoxy) is 1. The molecule has 2 heterocycles. The van der Waals surface area contributed by atoms with Gasteiger partial charge in [-0.25, -0.2) is 13.8 Å². The van der Waals surface area contributed by atoms with Gasteiger partial charge in [-0.05, 0) is 44.4 Å². The van der Waals surface area contributed by atoms with Gasteiger partial charge in [-0.2, -0.15) is 0 Å². The number of benzene rings is 1. The number of hydrogen-bond donors (Lipinski definition) is 2. The highest BCUT2D eigenvalue weighted by Gasteiger charge is 2.25. The molecule has 1 aliphatic heterocycles. The predicted octanol–water partition coefficient (Wildman–Crippen LogP) is 3.08. The summed E-state index contributed by atoms with van der Waals surface area (Å²) in [5.74, 6) is -1.98. The first-order chi connectivity index (χ1) is 16.7. The second kappa shape index (κ2) is 12.2. The van der Waals surface area contributed by atoms with E-state index in [1.54, 1.807) is 12.5 Å². The molecule has 0 bridgehead atoms. The molecule has 1 saturated heterocycles. The van der Waals surface area contributed by atoms with Gasteiger partial charge in [0.1, 0.15) is 17.7 Å². The summed E-state index contributed by atoms with van der Waals surface area (Å²) in [5.41, 5.74) is -0.000319. The molecular weight excluding hydrogens is 456 g/mol. The van der Waals surface area contributed by atoms with Crippen LogP contribution in [0.2, 0.25) is 0 Å². The molecule has 1 atom stereocenters. The first-order valence-electron chi connectivity index (χ1n) is 12.1. The van der Waals surface area contributed by atoms with E-state index in [0.717, 1.165) is 57.5 Å². The Bertz CT molecular complexity index is 984. The Morgan fingerprint density at radius 2 is 1.86 bits per heavy atom. The van der Waals surface area contributed by atoms with Crippen molar-refractivity contribution >= 4 is 17.6 Å². The van der Waals surface area contributed by atoms with E-state index < -0.39 is 23.6 Å². The number of amides is 2. The standard InChI is InChI=1S/C25H35F2N5O3/c1-4-5-21(29-23(33)14-18-12-19(26)15-20(27)13-18)24(34)30-22-16-32(17-28-22)25(2,3)6-7-31-8-10-35-11-9-31/h12-13,15-17,21H,4-11,14H2,1-3H3,(H,29,33)(H,30,34). The van der Waals surface area contributed by atoms with Crippen molar-refractivity contribution in [3.05, 3.63) is 47.9 Å². The van der Waals surface area contributed by atoms with Gasteiger partial charge in [-0.15, -0.1) is 0 Å². The van der Waals surface area contributed by atoms with E-state index in [1.807, 2.05) is 11.5 Å². The Morgan fingerprint density at radius 1 is 1.17 bits per heavy atom. The molecule has 0 radical (unpaired) electrons. The fraction of sp³-hybridized carbons (Fsp3) is 0.560. The van der Waals surface area contributed by atoms with Crippen molar-refractivity contribution in [3.8, 4) is 0 Å². The minimum atomic E-state index is -0.787. The average molecular weight is 492 g/mol. The van der Waals surface area contributed by atoms with Crippen LogP contribution in [0.25, 0.3) is 0 Å². The van der Waals surface area contributed by atoms with Gasteiger partial charge in [-0.1, -0.05) is 13.3 Å². The van der Waals surface area contributed by atoms with Crippen molar-refractivity contribution in [2.45, 2.75) is 58.0 Å². The zero-order valence-corrected chi connectivity index (χ0v) is 20.7. The Labute approximate surface area is 205 Å². The number of imidazole rings is 1. The van der Waals surface area contributed by atoms with Crippen molar-refractivity contribution in [1.29, 1.82) is 0 Å². The van der Waals surface area contributed by atoms with Gasteiger partial charge in [0.05, 0.1) is 26.0 Å². The van der Waals surface area contributed by atoms with Crippen LogP contribution in [0.3, 0.4) is 0 Å². The molecule has 0 saturated carbocycles. The highest BCUT2D eigenvalue weighted by molar-refractivity contribution is 5.96.